The SMILES string of the molecule is O=C(CCOCCOCCOCCOc1cccc2c1C(=O)N(C1CCC(=O)NC1=O)C2=O)NCCOc1ccc(CN2C(=O)C(=C/C=C/c3ccc([N+](=O)[O-])cc3)c3ccccc32)cc1. The van der Waals surface area contributed by atoms with Crippen molar-refractivity contribution in [3.05, 3.63) is 141 Å². The predicted molar refractivity (Wildman–Crippen MR) is 238 cm³/mol. The fraction of sp³-hybridized carbons (Fsp3) is 0.292. The Morgan fingerprint density at radius 2 is 1.45 bits per heavy atom. The van der Waals surface area contributed by atoms with Crippen molar-refractivity contribution in [3.63, 3.8) is 0 Å². The number of amides is 6. The van der Waals surface area contributed by atoms with E-state index in [-0.39, 0.29) is 93.3 Å². The zero-order valence-electron chi connectivity index (χ0n) is 35.8. The molecule has 7 rings (SSSR count). The molecule has 3 aliphatic heterocycles. The van der Waals surface area contributed by atoms with E-state index in [1.54, 1.807) is 47.4 Å². The first-order chi connectivity index (χ1) is 32.1. The highest BCUT2D eigenvalue weighted by Crippen LogP contribution is 2.38. The van der Waals surface area contributed by atoms with E-state index in [0.29, 0.717) is 37.6 Å². The average molecular weight is 902 g/mol. The second kappa shape index (κ2) is 22.4. The largest absolute Gasteiger partial charge is 0.492 e. The fourth-order valence-electron chi connectivity index (χ4n) is 7.43. The molecule has 0 radical (unpaired) electrons. The number of hydrogen-bond donors (Lipinski definition) is 2. The average Bonchev–Trinajstić information content (AvgIpc) is 3.73. The van der Waals surface area contributed by atoms with Crippen molar-refractivity contribution in [1.82, 2.24) is 15.5 Å². The fourth-order valence-corrected chi connectivity index (χ4v) is 7.43. The number of non-ortho nitro benzene ring substituents is 1. The Labute approximate surface area is 379 Å². The molecule has 66 heavy (non-hydrogen) atoms. The molecular formula is C48H47N5O13. The van der Waals surface area contributed by atoms with Gasteiger partial charge in [0.1, 0.15) is 30.8 Å². The standard InChI is InChI=1S/C48H47N5O13/c54-42(21-23-62-25-26-63-27-28-64-29-30-66-41-10-4-8-38-44(41)48(59)52(47(38)58)40-19-20-43(55)50-45(40)56)49-22-24-65-35-17-13-33(14-18-35)31-51-39-9-2-1-6-36(39)37(46(51)57)7-3-5-32-11-15-34(16-12-32)53(60)61/h1-18,40H,19-31H2,(H,49,54)(H,50,55,56)/b5-3+,37-7?. The lowest BCUT2D eigenvalue weighted by atomic mass is 10.0. The number of carbonyl (C=O) groups excluding carboxylic acids is 6. The number of nitro benzene ring substituents is 1. The second-order valence-electron chi connectivity index (χ2n) is 15.1. The number of rotatable bonds is 23. The summed E-state index contributed by atoms with van der Waals surface area (Å²) < 4.78 is 28.1. The van der Waals surface area contributed by atoms with Gasteiger partial charge in [0.25, 0.3) is 23.4 Å². The third-order valence-corrected chi connectivity index (χ3v) is 10.7. The molecule has 6 amide bonds. The number of hydrogen-bond acceptors (Lipinski definition) is 13. The lowest BCUT2D eigenvalue weighted by molar-refractivity contribution is -0.384. The van der Waals surface area contributed by atoms with Crippen LogP contribution < -0.4 is 25.0 Å². The highest BCUT2D eigenvalue weighted by molar-refractivity contribution is 6.32. The van der Waals surface area contributed by atoms with E-state index < -0.39 is 34.6 Å². The first kappa shape index (κ1) is 46.5. The van der Waals surface area contributed by atoms with Crippen molar-refractivity contribution >= 4 is 58.5 Å². The molecule has 1 fully saturated rings. The van der Waals surface area contributed by atoms with Gasteiger partial charge in [-0.3, -0.25) is 49.1 Å². The molecule has 0 bridgehead atoms. The number of nitrogens with zero attached hydrogens (tertiary/aromatic N) is 3. The van der Waals surface area contributed by atoms with Gasteiger partial charge in [-0.05, 0) is 66.1 Å². The lowest BCUT2D eigenvalue weighted by Crippen LogP contribution is -2.54. The van der Waals surface area contributed by atoms with Crippen LogP contribution in [0.25, 0.3) is 11.6 Å². The topological polar surface area (TPSA) is 222 Å². The van der Waals surface area contributed by atoms with Crippen LogP contribution in [0.15, 0.2) is 103 Å². The maximum atomic E-state index is 13.6. The molecule has 0 aliphatic carbocycles. The summed E-state index contributed by atoms with van der Waals surface area (Å²) in [5.74, 6) is -1.89. The molecule has 0 aromatic heterocycles. The minimum atomic E-state index is -1.06. The first-order valence-corrected chi connectivity index (χ1v) is 21.3. The number of fused-ring (bicyclic) bond motifs is 2. The Morgan fingerprint density at radius 1 is 0.758 bits per heavy atom. The van der Waals surface area contributed by atoms with Crippen molar-refractivity contribution in [2.45, 2.75) is 31.8 Å². The molecule has 342 valence electrons. The van der Waals surface area contributed by atoms with Crippen LogP contribution in [-0.2, 0) is 39.9 Å². The van der Waals surface area contributed by atoms with E-state index in [0.717, 1.165) is 27.3 Å². The van der Waals surface area contributed by atoms with E-state index in [2.05, 4.69) is 10.6 Å². The maximum Gasteiger partial charge on any atom is 0.269 e. The van der Waals surface area contributed by atoms with Crippen molar-refractivity contribution in [1.29, 1.82) is 0 Å². The smallest absolute Gasteiger partial charge is 0.269 e. The van der Waals surface area contributed by atoms with Crippen molar-refractivity contribution < 1.29 is 57.4 Å². The summed E-state index contributed by atoms with van der Waals surface area (Å²) in [6.07, 6.45) is 5.57. The summed E-state index contributed by atoms with van der Waals surface area (Å²) in [5.41, 5.74) is 4.05. The van der Waals surface area contributed by atoms with Gasteiger partial charge in [-0.25, -0.2) is 0 Å². The molecule has 3 aliphatic rings. The number of para-hydroxylation sites is 1. The number of carbonyl (C=O) groups is 6. The number of ether oxygens (including phenoxy) is 5. The van der Waals surface area contributed by atoms with Crippen molar-refractivity contribution in [3.8, 4) is 11.5 Å². The zero-order chi connectivity index (χ0) is 46.4. The normalized spacial score (nSPS) is 16.2. The Bertz CT molecular complexity index is 2520. The number of anilines is 1. The van der Waals surface area contributed by atoms with Crippen LogP contribution in [0.1, 0.15) is 56.7 Å². The van der Waals surface area contributed by atoms with Gasteiger partial charge >= 0.3 is 0 Å². The van der Waals surface area contributed by atoms with Crippen LogP contribution in [0.4, 0.5) is 11.4 Å². The molecular weight excluding hydrogens is 855 g/mol. The van der Waals surface area contributed by atoms with Crippen molar-refractivity contribution in [2.75, 3.05) is 64.3 Å². The molecule has 18 heteroatoms. The quantitative estimate of drug-likeness (QED) is 0.0341. The number of imide groups is 2. The van der Waals surface area contributed by atoms with Crippen LogP contribution in [0.2, 0.25) is 0 Å². The second-order valence-corrected chi connectivity index (χ2v) is 15.1. The molecule has 1 saturated heterocycles. The minimum absolute atomic E-state index is 0.00983. The van der Waals surface area contributed by atoms with E-state index in [9.17, 15) is 38.9 Å². The predicted octanol–water partition coefficient (Wildman–Crippen LogP) is 4.65. The molecule has 4 aromatic rings. The maximum absolute atomic E-state index is 13.6. The van der Waals surface area contributed by atoms with Crippen LogP contribution in [-0.4, -0.2) is 111 Å². The van der Waals surface area contributed by atoms with Crippen LogP contribution in [0.5, 0.6) is 11.5 Å². The first-order valence-electron chi connectivity index (χ1n) is 21.3. The molecule has 2 N–H and O–H groups in total. The van der Waals surface area contributed by atoms with Gasteiger partial charge < -0.3 is 33.9 Å². The summed E-state index contributed by atoms with van der Waals surface area (Å²) in [7, 11) is 0. The number of nitro groups is 1. The van der Waals surface area contributed by atoms with E-state index >= 15 is 0 Å². The molecule has 0 saturated carbocycles. The van der Waals surface area contributed by atoms with Gasteiger partial charge in [0.15, 0.2) is 0 Å². The number of piperidine rings is 1. The molecule has 4 aromatic carbocycles. The summed E-state index contributed by atoms with van der Waals surface area (Å²) in [6, 6.07) is 24.7. The molecule has 1 unspecified atom stereocenters. The summed E-state index contributed by atoms with van der Waals surface area (Å²) in [4.78, 5) is 89.0. The molecule has 18 nitrogen and oxygen atoms in total. The number of allylic oxidation sites excluding steroid dienone is 2. The Kier molecular flexibility index (Phi) is 15.8. The van der Waals surface area contributed by atoms with Gasteiger partial charge in [0.2, 0.25) is 17.7 Å². The number of benzene rings is 4. The molecule has 1 atom stereocenters. The van der Waals surface area contributed by atoms with E-state index in [1.807, 2.05) is 48.5 Å². The highest BCUT2D eigenvalue weighted by Gasteiger charge is 2.46. The van der Waals surface area contributed by atoms with Crippen molar-refractivity contribution in [2.24, 2.45) is 0 Å². The van der Waals surface area contributed by atoms with Gasteiger partial charge in [0.05, 0.1) is 74.5 Å². The lowest BCUT2D eigenvalue weighted by Gasteiger charge is -2.27. The third-order valence-electron chi connectivity index (χ3n) is 10.7. The molecule has 3 heterocycles. The molecule has 0 spiro atoms. The zero-order valence-corrected chi connectivity index (χ0v) is 35.8. The summed E-state index contributed by atoms with van der Waals surface area (Å²) in [6.45, 7) is 2.56. The van der Waals surface area contributed by atoms with Gasteiger partial charge in [-0.1, -0.05) is 48.6 Å². The number of nitrogens with one attached hydrogen (secondary N) is 2. The highest BCUT2D eigenvalue weighted by atomic mass is 16.6. The van der Waals surface area contributed by atoms with Gasteiger partial charge in [-0.15, -0.1) is 0 Å². The Hall–Kier alpha value is -7.54. The Balaban J connectivity index is 0.715. The van der Waals surface area contributed by atoms with E-state index in [1.165, 1.54) is 18.2 Å². The van der Waals surface area contributed by atoms with Gasteiger partial charge in [-0.2, -0.15) is 0 Å². The van der Waals surface area contributed by atoms with Crippen LogP contribution >= 0.6 is 0 Å². The minimum Gasteiger partial charge on any atom is -0.492 e. The Morgan fingerprint density at radius 3 is 2.18 bits per heavy atom. The summed E-state index contributed by atoms with van der Waals surface area (Å²) in [5, 5.41) is 15.9. The van der Waals surface area contributed by atoms with Crippen LogP contribution in [0.3, 0.4) is 0 Å². The van der Waals surface area contributed by atoms with E-state index in [4.69, 9.17) is 23.7 Å². The van der Waals surface area contributed by atoms with Crippen LogP contribution in [0, 0.1) is 10.1 Å². The van der Waals surface area contributed by atoms with Gasteiger partial charge in [0, 0.05) is 36.1 Å². The summed E-state index contributed by atoms with van der Waals surface area (Å²) >= 11 is 0. The third kappa shape index (κ3) is 11.6. The monoisotopic (exact) mass is 901 g/mol.